The van der Waals surface area contributed by atoms with E-state index < -0.39 is 78.2 Å². The molecular formula is C26H20F7N3O5. The SMILES string of the molecule is COc1cc(F)c([C@@H]2CN(c3cccn(CC(F)F)c3=O)C(=O)[C@H]2NC(=O)c2ccc(OC(F)(F)F)cc2)c(F)c1. The van der Waals surface area contributed by atoms with Crippen molar-refractivity contribution >= 4 is 17.5 Å². The molecule has 1 aromatic heterocycles. The number of hydrogen-bond acceptors (Lipinski definition) is 5. The second kappa shape index (κ2) is 11.5. The Hall–Kier alpha value is -4.56. The summed E-state index contributed by atoms with van der Waals surface area (Å²) in [6, 6.07) is 6.05. The lowest BCUT2D eigenvalue weighted by atomic mass is 9.92. The number of nitrogens with zero attached hydrogens (tertiary/aromatic N) is 2. The van der Waals surface area contributed by atoms with Crippen molar-refractivity contribution in [1.82, 2.24) is 9.88 Å². The van der Waals surface area contributed by atoms with Gasteiger partial charge in [0, 0.05) is 41.9 Å². The summed E-state index contributed by atoms with van der Waals surface area (Å²) in [5.74, 6) is -6.46. The average Bonchev–Trinajstić information content (AvgIpc) is 3.19. The third-order valence-corrected chi connectivity index (χ3v) is 6.24. The van der Waals surface area contributed by atoms with Gasteiger partial charge in [-0.25, -0.2) is 17.6 Å². The normalized spacial score (nSPS) is 17.2. The second-order valence-corrected chi connectivity index (χ2v) is 8.83. The Kier molecular flexibility index (Phi) is 8.26. The predicted octanol–water partition coefficient (Wildman–Crippen LogP) is 4.23. The molecular weight excluding hydrogens is 567 g/mol. The molecule has 1 aliphatic heterocycles. The van der Waals surface area contributed by atoms with Crippen LogP contribution in [-0.2, 0) is 11.3 Å². The fraction of sp³-hybridized carbons (Fsp3) is 0.269. The number of aromatic nitrogens is 1. The highest BCUT2D eigenvalue weighted by Gasteiger charge is 2.46. The van der Waals surface area contributed by atoms with E-state index in [1.54, 1.807) is 0 Å². The highest BCUT2D eigenvalue weighted by molar-refractivity contribution is 6.05. The van der Waals surface area contributed by atoms with Gasteiger partial charge < -0.3 is 24.3 Å². The molecule has 1 N–H and O–H groups in total. The quantitative estimate of drug-likeness (QED) is 0.399. The molecule has 41 heavy (non-hydrogen) atoms. The molecule has 1 aliphatic rings. The Labute approximate surface area is 226 Å². The molecule has 8 nitrogen and oxygen atoms in total. The van der Waals surface area contributed by atoms with E-state index in [0.29, 0.717) is 4.57 Å². The first-order valence-corrected chi connectivity index (χ1v) is 11.8. The van der Waals surface area contributed by atoms with Crippen LogP contribution in [0.25, 0.3) is 0 Å². The van der Waals surface area contributed by atoms with Gasteiger partial charge in [0.15, 0.2) is 0 Å². The minimum absolute atomic E-state index is 0.176. The van der Waals surface area contributed by atoms with Gasteiger partial charge in [-0.05, 0) is 36.4 Å². The van der Waals surface area contributed by atoms with Crippen molar-refractivity contribution in [3.63, 3.8) is 0 Å². The predicted molar refractivity (Wildman–Crippen MR) is 129 cm³/mol. The molecule has 0 bridgehead atoms. The highest BCUT2D eigenvalue weighted by Crippen LogP contribution is 2.36. The summed E-state index contributed by atoms with van der Waals surface area (Å²) in [4.78, 5) is 40.2. The van der Waals surface area contributed by atoms with Crippen LogP contribution in [0.5, 0.6) is 11.5 Å². The molecule has 15 heteroatoms. The summed E-state index contributed by atoms with van der Waals surface area (Å²) in [6.07, 6.45) is -6.80. The molecule has 218 valence electrons. The first kappa shape index (κ1) is 29.4. The van der Waals surface area contributed by atoms with E-state index in [1.807, 2.05) is 0 Å². The fourth-order valence-corrected chi connectivity index (χ4v) is 4.46. The zero-order chi connectivity index (χ0) is 30.1. The van der Waals surface area contributed by atoms with Crippen LogP contribution >= 0.6 is 0 Å². The van der Waals surface area contributed by atoms with Gasteiger partial charge in [-0.2, -0.15) is 0 Å². The number of ether oxygens (including phenoxy) is 2. The van der Waals surface area contributed by atoms with Gasteiger partial charge >= 0.3 is 6.36 Å². The van der Waals surface area contributed by atoms with E-state index >= 15 is 8.78 Å². The van der Waals surface area contributed by atoms with Gasteiger partial charge in [0.1, 0.15) is 34.9 Å². The van der Waals surface area contributed by atoms with Crippen LogP contribution in [0.3, 0.4) is 0 Å². The molecule has 0 radical (unpaired) electrons. The monoisotopic (exact) mass is 587 g/mol. The van der Waals surface area contributed by atoms with E-state index in [2.05, 4.69) is 10.1 Å². The van der Waals surface area contributed by atoms with Crippen LogP contribution in [-0.4, -0.2) is 48.9 Å². The molecule has 3 aromatic rings. The summed E-state index contributed by atoms with van der Waals surface area (Å²) < 4.78 is 103. The lowest BCUT2D eigenvalue weighted by molar-refractivity contribution is -0.274. The minimum atomic E-state index is -4.98. The molecule has 0 saturated carbocycles. The first-order chi connectivity index (χ1) is 19.3. The number of hydrogen-bond donors (Lipinski definition) is 1. The number of alkyl halides is 5. The molecule has 1 fully saturated rings. The van der Waals surface area contributed by atoms with Gasteiger partial charge in [0.25, 0.3) is 17.9 Å². The molecule has 2 amide bonds. The van der Waals surface area contributed by atoms with E-state index in [4.69, 9.17) is 4.74 Å². The summed E-state index contributed by atoms with van der Waals surface area (Å²) in [7, 11) is 1.17. The number of carbonyl (C=O) groups excluding carboxylic acids is 2. The number of pyridine rings is 1. The molecule has 0 aliphatic carbocycles. The standard InChI is InChI=1S/C26H20F7N3O5/c1-40-15-9-17(27)21(18(28)10-15)16-11-36(19-3-2-8-35(24(19)38)12-20(29)30)25(39)22(16)34-23(37)13-4-6-14(7-5-13)41-26(31,32)33/h2-10,16,20,22H,11-12H2,1H3,(H,34,37)/t16-,22-/m0/s1. The smallest absolute Gasteiger partial charge is 0.497 e. The zero-order valence-electron chi connectivity index (χ0n) is 20.9. The lowest BCUT2D eigenvalue weighted by Crippen LogP contribution is -2.44. The number of methoxy groups -OCH3 is 1. The molecule has 4 rings (SSSR count). The largest absolute Gasteiger partial charge is 0.573 e. The number of carbonyl (C=O) groups is 2. The number of nitrogens with one attached hydrogen (secondary N) is 1. The third-order valence-electron chi connectivity index (χ3n) is 6.24. The Bertz CT molecular complexity index is 1490. The Morgan fingerprint density at radius 1 is 1.05 bits per heavy atom. The molecule has 2 aromatic carbocycles. The Morgan fingerprint density at radius 3 is 2.24 bits per heavy atom. The number of anilines is 1. The van der Waals surface area contributed by atoms with Crippen LogP contribution in [0.15, 0.2) is 59.5 Å². The van der Waals surface area contributed by atoms with Crippen LogP contribution in [0.1, 0.15) is 21.8 Å². The maximum Gasteiger partial charge on any atom is 0.573 e. The molecule has 0 spiro atoms. The highest BCUT2D eigenvalue weighted by atomic mass is 19.4. The molecule has 0 unspecified atom stereocenters. The summed E-state index contributed by atoms with van der Waals surface area (Å²) in [6.45, 7) is -1.51. The van der Waals surface area contributed by atoms with E-state index in [9.17, 15) is 36.3 Å². The molecule has 1 saturated heterocycles. The second-order valence-electron chi connectivity index (χ2n) is 8.83. The maximum absolute atomic E-state index is 15.1. The van der Waals surface area contributed by atoms with Crippen molar-refractivity contribution in [2.45, 2.75) is 31.3 Å². The van der Waals surface area contributed by atoms with Gasteiger partial charge in [-0.3, -0.25) is 14.4 Å². The number of rotatable bonds is 8. The van der Waals surface area contributed by atoms with E-state index in [1.165, 1.54) is 13.2 Å². The zero-order valence-corrected chi connectivity index (χ0v) is 20.9. The molecule has 2 heterocycles. The van der Waals surface area contributed by atoms with Crippen LogP contribution in [0.4, 0.5) is 36.4 Å². The van der Waals surface area contributed by atoms with Crippen molar-refractivity contribution in [2.75, 3.05) is 18.6 Å². The van der Waals surface area contributed by atoms with Crippen LogP contribution in [0.2, 0.25) is 0 Å². The average molecular weight is 587 g/mol. The van der Waals surface area contributed by atoms with E-state index in [-0.39, 0.29) is 17.0 Å². The van der Waals surface area contributed by atoms with Crippen LogP contribution in [0, 0.1) is 11.6 Å². The summed E-state index contributed by atoms with van der Waals surface area (Å²) >= 11 is 0. The van der Waals surface area contributed by atoms with Gasteiger partial charge in [0.05, 0.1) is 13.7 Å². The number of halogens is 7. The van der Waals surface area contributed by atoms with Crippen LogP contribution < -0.4 is 25.2 Å². The van der Waals surface area contributed by atoms with E-state index in [0.717, 1.165) is 53.6 Å². The number of amides is 2. The van der Waals surface area contributed by atoms with Crippen molar-refractivity contribution in [1.29, 1.82) is 0 Å². The van der Waals surface area contributed by atoms with Gasteiger partial charge in [0.2, 0.25) is 5.91 Å². The van der Waals surface area contributed by atoms with Crippen molar-refractivity contribution in [3.05, 3.63) is 87.8 Å². The minimum Gasteiger partial charge on any atom is -0.497 e. The van der Waals surface area contributed by atoms with Crippen molar-refractivity contribution < 1.29 is 49.8 Å². The van der Waals surface area contributed by atoms with Crippen molar-refractivity contribution in [2.24, 2.45) is 0 Å². The lowest BCUT2D eigenvalue weighted by Gasteiger charge is -2.20. The summed E-state index contributed by atoms with van der Waals surface area (Å²) in [5.41, 5.74) is -2.20. The maximum atomic E-state index is 15.1. The van der Waals surface area contributed by atoms with Crippen molar-refractivity contribution in [3.8, 4) is 11.5 Å². The summed E-state index contributed by atoms with van der Waals surface area (Å²) in [5, 5.41) is 2.32. The Balaban J connectivity index is 1.71. The third kappa shape index (κ3) is 6.44. The fourth-order valence-electron chi connectivity index (χ4n) is 4.46. The Morgan fingerprint density at radius 2 is 1.68 bits per heavy atom. The molecule has 2 atom stereocenters. The van der Waals surface area contributed by atoms with Gasteiger partial charge in [-0.1, -0.05) is 0 Å². The van der Waals surface area contributed by atoms with Gasteiger partial charge in [-0.15, -0.1) is 13.2 Å². The first-order valence-electron chi connectivity index (χ1n) is 11.8. The topological polar surface area (TPSA) is 89.9 Å². The number of benzene rings is 2.